The molecule has 0 aliphatic carbocycles. The van der Waals surface area contributed by atoms with E-state index >= 15 is 0 Å². The predicted octanol–water partition coefficient (Wildman–Crippen LogP) is 0.338. The maximum absolute atomic E-state index is 11.1. The van der Waals surface area contributed by atoms with Gasteiger partial charge in [-0.05, 0) is 13.8 Å². The monoisotopic (exact) mass is 214 g/mol. The van der Waals surface area contributed by atoms with Crippen molar-refractivity contribution in [1.29, 1.82) is 0 Å². The quantitative estimate of drug-likeness (QED) is 0.409. The number of nitrogens with one attached hydrogen (secondary N) is 1. The van der Waals surface area contributed by atoms with E-state index in [0.29, 0.717) is 0 Å². The van der Waals surface area contributed by atoms with Gasteiger partial charge in [0.2, 0.25) is 5.91 Å². The van der Waals surface area contributed by atoms with Crippen LogP contribution in [0.25, 0.3) is 0 Å². The Morgan fingerprint density at radius 3 is 2.00 bits per heavy atom. The first kappa shape index (κ1) is 13.7. The van der Waals surface area contributed by atoms with E-state index in [4.69, 9.17) is 0 Å². The zero-order chi connectivity index (χ0) is 12.2. The van der Waals surface area contributed by atoms with Crippen molar-refractivity contribution < 1.29 is 4.79 Å². The summed E-state index contributed by atoms with van der Waals surface area (Å²) in [7, 11) is 7.47. The van der Waals surface area contributed by atoms with Gasteiger partial charge >= 0.3 is 0 Å². The van der Waals surface area contributed by atoms with Crippen LogP contribution >= 0.6 is 0 Å². The van der Waals surface area contributed by atoms with Gasteiger partial charge in [-0.3, -0.25) is 9.79 Å². The van der Waals surface area contributed by atoms with Crippen molar-refractivity contribution in [3.63, 3.8) is 0 Å². The Labute approximate surface area is 92.2 Å². The van der Waals surface area contributed by atoms with Crippen LogP contribution in [0.15, 0.2) is 4.99 Å². The van der Waals surface area contributed by atoms with Crippen molar-refractivity contribution in [2.45, 2.75) is 26.4 Å². The molecule has 0 unspecified atom stereocenters. The molecule has 88 valence electrons. The largest absolute Gasteiger partial charge is 0.349 e. The number of nitrogens with zero attached hydrogens (tertiary/aromatic N) is 3. The summed E-state index contributed by atoms with van der Waals surface area (Å²) >= 11 is 0. The van der Waals surface area contributed by atoms with Gasteiger partial charge in [-0.15, -0.1) is 0 Å². The first-order valence-electron chi connectivity index (χ1n) is 4.89. The third-order valence-electron chi connectivity index (χ3n) is 2.22. The van der Waals surface area contributed by atoms with E-state index in [1.807, 2.05) is 44.8 Å². The summed E-state index contributed by atoms with van der Waals surface area (Å²) in [4.78, 5) is 19.1. The summed E-state index contributed by atoms with van der Waals surface area (Å²) in [5.41, 5.74) is -0.453. The Bertz CT molecular complexity index is 258. The van der Waals surface area contributed by atoms with Crippen LogP contribution in [0, 0.1) is 0 Å². The molecule has 0 heterocycles. The lowest BCUT2D eigenvalue weighted by Crippen LogP contribution is -2.59. The molecule has 15 heavy (non-hydrogen) atoms. The number of amides is 1. The Morgan fingerprint density at radius 2 is 1.73 bits per heavy atom. The molecule has 0 fully saturated rings. The second-order valence-corrected chi connectivity index (χ2v) is 4.22. The maximum Gasteiger partial charge on any atom is 0.218 e. The molecule has 0 aromatic heterocycles. The summed E-state index contributed by atoms with van der Waals surface area (Å²) in [6.45, 7) is 5.38. The second kappa shape index (κ2) is 5.00. The van der Waals surface area contributed by atoms with Crippen molar-refractivity contribution in [1.82, 2.24) is 15.1 Å². The van der Waals surface area contributed by atoms with Gasteiger partial charge in [0.1, 0.15) is 5.66 Å². The zero-order valence-electron chi connectivity index (χ0n) is 10.7. The fourth-order valence-corrected chi connectivity index (χ4v) is 1.41. The van der Waals surface area contributed by atoms with Crippen LogP contribution in [0.2, 0.25) is 0 Å². The molecule has 5 nitrogen and oxygen atoms in total. The van der Waals surface area contributed by atoms with Gasteiger partial charge in [0.05, 0.1) is 0 Å². The molecule has 1 amide bonds. The van der Waals surface area contributed by atoms with Crippen LogP contribution < -0.4 is 5.32 Å². The molecule has 0 aromatic rings. The van der Waals surface area contributed by atoms with Crippen LogP contribution in [0.5, 0.6) is 0 Å². The highest BCUT2D eigenvalue weighted by molar-refractivity contribution is 5.81. The molecular formula is C10H22N4O. The zero-order valence-corrected chi connectivity index (χ0v) is 10.7. The smallest absolute Gasteiger partial charge is 0.218 e. The first-order valence-corrected chi connectivity index (χ1v) is 4.89. The van der Waals surface area contributed by atoms with Crippen molar-refractivity contribution in [3.05, 3.63) is 0 Å². The molecule has 0 radical (unpaired) electrons. The summed E-state index contributed by atoms with van der Waals surface area (Å²) in [6, 6.07) is 0. The number of carbonyl (C=O) groups is 1. The topological polar surface area (TPSA) is 47.9 Å². The van der Waals surface area contributed by atoms with Crippen molar-refractivity contribution in [3.8, 4) is 0 Å². The lowest BCUT2D eigenvalue weighted by Gasteiger charge is -2.39. The molecule has 5 heteroatoms. The SMILES string of the molecule is CN=C(N(C)C)N(C)C(C)(C)NC(C)=O. The standard InChI is InChI=1S/C10H22N4O/c1-8(15)12-10(2,3)14(7)9(11-4)13(5)6/h1-7H3,(H,12,15). The summed E-state index contributed by atoms with van der Waals surface area (Å²) < 4.78 is 0. The van der Waals surface area contributed by atoms with Gasteiger partial charge in [0.25, 0.3) is 0 Å². The minimum Gasteiger partial charge on any atom is -0.349 e. The average molecular weight is 214 g/mol. The highest BCUT2D eigenvalue weighted by atomic mass is 16.1. The van der Waals surface area contributed by atoms with Crippen LogP contribution in [0.1, 0.15) is 20.8 Å². The maximum atomic E-state index is 11.1. The third kappa shape index (κ3) is 3.77. The van der Waals surface area contributed by atoms with Crippen molar-refractivity contribution in [2.75, 3.05) is 28.2 Å². The van der Waals surface area contributed by atoms with Gasteiger partial charge < -0.3 is 15.1 Å². The molecule has 0 rings (SSSR count). The minimum absolute atomic E-state index is 0.0546. The molecule has 1 N–H and O–H groups in total. The number of guanidine groups is 1. The average Bonchev–Trinajstić information content (AvgIpc) is 2.01. The van der Waals surface area contributed by atoms with E-state index in [2.05, 4.69) is 10.3 Å². The third-order valence-corrected chi connectivity index (χ3v) is 2.22. The van der Waals surface area contributed by atoms with Gasteiger partial charge in [0, 0.05) is 35.1 Å². The number of rotatable bonds is 2. The molecule has 0 aromatic carbocycles. The van der Waals surface area contributed by atoms with Crippen molar-refractivity contribution >= 4 is 11.9 Å². The van der Waals surface area contributed by atoms with E-state index in [1.165, 1.54) is 6.92 Å². The van der Waals surface area contributed by atoms with Crippen LogP contribution in [0.4, 0.5) is 0 Å². The van der Waals surface area contributed by atoms with Gasteiger partial charge in [-0.1, -0.05) is 0 Å². The normalized spacial score (nSPS) is 12.3. The molecule has 0 saturated heterocycles. The number of hydrogen-bond acceptors (Lipinski definition) is 2. The van der Waals surface area contributed by atoms with Crippen LogP contribution in [-0.2, 0) is 4.79 Å². The lowest BCUT2D eigenvalue weighted by molar-refractivity contribution is -0.121. The molecule has 0 aliphatic rings. The Morgan fingerprint density at radius 1 is 1.27 bits per heavy atom. The molecule has 0 spiro atoms. The van der Waals surface area contributed by atoms with E-state index < -0.39 is 5.66 Å². The van der Waals surface area contributed by atoms with Gasteiger partial charge in [-0.25, -0.2) is 0 Å². The summed E-state index contributed by atoms with van der Waals surface area (Å²) in [5, 5.41) is 2.87. The highest BCUT2D eigenvalue weighted by Crippen LogP contribution is 2.09. The Balaban J connectivity index is 4.81. The highest BCUT2D eigenvalue weighted by Gasteiger charge is 2.27. The van der Waals surface area contributed by atoms with Gasteiger partial charge in [0.15, 0.2) is 5.96 Å². The number of aliphatic imine (C=N–C) groups is 1. The first-order chi connectivity index (χ1) is 6.72. The summed E-state index contributed by atoms with van der Waals surface area (Å²) in [5.74, 6) is 0.759. The fourth-order valence-electron chi connectivity index (χ4n) is 1.41. The molecule has 0 atom stereocenters. The fraction of sp³-hybridized carbons (Fsp3) is 0.800. The van der Waals surface area contributed by atoms with E-state index in [-0.39, 0.29) is 5.91 Å². The molecule has 0 aliphatic heterocycles. The van der Waals surface area contributed by atoms with E-state index in [1.54, 1.807) is 7.05 Å². The van der Waals surface area contributed by atoms with E-state index in [9.17, 15) is 4.79 Å². The van der Waals surface area contributed by atoms with Crippen LogP contribution in [0.3, 0.4) is 0 Å². The molecular weight excluding hydrogens is 192 g/mol. The van der Waals surface area contributed by atoms with Crippen LogP contribution in [-0.4, -0.2) is 55.5 Å². The Hall–Kier alpha value is -1.26. The minimum atomic E-state index is -0.453. The Kier molecular flexibility index (Phi) is 4.58. The van der Waals surface area contributed by atoms with Gasteiger partial charge in [-0.2, -0.15) is 0 Å². The second-order valence-electron chi connectivity index (χ2n) is 4.22. The lowest BCUT2D eigenvalue weighted by atomic mass is 10.2. The molecule has 0 bridgehead atoms. The number of hydrogen-bond donors (Lipinski definition) is 1. The predicted molar refractivity (Wildman–Crippen MR) is 62.7 cm³/mol. The number of carbonyl (C=O) groups excluding carboxylic acids is 1. The molecule has 0 saturated carbocycles. The summed E-state index contributed by atoms with van der Waals surface area (Å²) in [6.07, 6.45) is 0. The van der Waals surface area contributed by atoms with E-state index in [0.717, 1.165) is 5.96 Å². The van der Waals surface area contributed by atoms with Crippen molar-refractivity contribution in [2.24, 2.45) is 4.99 Å².